The van der Waals surface area contributed by atoms with Crippen LogP contribution in [0.4, 0.5) is 5.69 Å². The third kappa shape index (κ3) is 4.09. The van der Waals surface area contributed by atoms with Crippen molar-refractivity contribution in [1.29, 1.82) is 0 Å². The van der Waals surface area contributed by atoms with Gasteiger partial charge < -0.3 is 15.0 Å². The van der Waals surface area contributed by atoms with Crippen molar-refractivity contribution in [1.82, 2.24) is 9.88 Å². The SMILES string of the molecule is COc1cccc(C(CNc2ccncc2Cl)N(C)C)c1. The van der Waals surface area contributed by atoms with E-state index in [0.29, 0.717) is 5.02 Å². The van der Waals surface area contributed by atoms with Crippen LogP contribution in [0.2, 0.25) is 5.02 Å². The molecule has 4 nitrogen and oxygen atoms in total. The van der Waals surface area contributed by atoms with Crippen LogP contribution in [0.25, 0.3) is 0 Å². The van der Waals surface area contributed by atoms with Crippen molar-refractivity contribution in [2.24, 2.45) is 0 Å². The number of hydrogen-bond acceptors (Lipinski definition) is 4. The monoisotopic (exact) mass is 305 g/mol. The summed E-state index contributed by atoms with van der Waals surface area (Å²) in [7, 11) is 5.79. The van der Waals surface area contributed by atoms with E-state index < -0.39 is 0 Å². The van der Waals surface area contributed by atoms with Gasteiger partial charge in [-0.3, -0.25) is 4.98 Å². The Bertz CT molecular complexity index is 589. The lowest BCUT2D eigenvalue weighted by Crippen LogP contribution is -2.27. The molecule has 1 N–H and O–H groups in total. The standard InChI is InChI=1S/C16H20ClN3O/c1-20(2)16(12-5-4-6-13(9-12)21-3)11-19-15-7-8-18-10-14(15)17/h4-10,16H,11H2,1-3H3,(H,18,19). The van der Waals surface area contributed by atoms with E-state index in [-0.39, 0.29) is 6.04 Å². The van der Waals surface area contributed by atoms with E-state index in [1.54, 1.807) is 19.5 Å². The van der Waals surface area contributed by atoms with Gasteiger partial charge in [-0.15, -0.1) is 0 Å². The van der Waals surface area contributed by atoms with Gasteiger partial charge >= 0.3 is 0 Å². The molecule has 0 radical (unpaired) electrons. The van der Waals surface area contributed by atoms with E-state index in [0.717, 1.165) is 18.0 Å². The van der Waals surface area contributed by atoms with Gasteiger partial charge in [0.25, 0.3) is 0 Å². The Balaban J connectivity index is 2.14. The van der Waals surface area contributed by atoms with Crippen molar-refractivity contribution in [3.8, 4) is 5.75 Å². The average molecular weight is 306 g/mol. The number of benzene rings is 1. The highest BCUT2D eigenvalue weighted by Gasteiger charge is 2.15. The van der Waals surface area contributed by atoms with Crippen molar-refractivity contribution < 1.29 is 4.74 Å². The molecule has 0 aliphatic rings. The molecule has 1 unspecified atom stereocenters. The van der Waals surface area contributed by atoms with Crippen molar-refractivity contribution >= 4 is 17.3 Å². The molecule has 0 aliphatic carbocycles. The molecule has 21 heavy (non-hydrogen) atoms. The fourth-order valence-corrected chi connectivity index (χ4v) is 2.36. The van der Waals surface area contributed by atoms with E-state index in [9.17, 15) is 0 Å². The molecule has 1 heterocycles. The lowest BCUT2D eigenvalue weighted by Gasteiger charge is -2.26. The van der Waals surface area contributed by atoms with Gasteiger partial charge in [0.2, 0.25) is 0 Å². The summed E-state index contributed by atoms with van der Waals surface area (Å²) in [5.41, 5.74) is 2.08. The number of rotatable bonds is 6. The van der Waals surface area contributed by atoms with Crippen LogP contribution < -0.4 is 10.1 Å². The van der Waals surface area contributed by atoms with Crippen molar-refractivity contribution in [2.45, 2.75) is 6.04 Å². The van der Waals surface area contributed by atoms with Gasteiger partial charge in [-0.05, 0) is 37.9 Å². The number of nitrogens with zero attached hydrogens (tertiary/aromatic N) is 2. The zero-order valence-electron chi connectivity index (χ0n) is 12.5. The van der Waals surface area contributed by atoms with Gasteiger partial charge in [-0.1, -0.05) is 23.7 Å². The quantitative estimate of drug-likeness (QED) is 0.887. The molecule has 0 amide bonds. The third-order valence-electron chi connectivity index (χ3n) is 3.36. The van der Waals surface area contributed by atoms with Crippen LogP contribution in [-0.4, -0.2) is 37.6 Å². The lowest BCUT2D eigenvalue weighted by molar-refractivity contribution is 0.310. The third-order valence-corrected chi connectivity index (χ3v) is 3.66. The second kappa shape index (κ2) is 7.29. The van der Waals surface area contributed by atoms with Gasteiger partial charge in [-0.25, -0.2) is 0 Å². The van der Waals surface area contributed by atoms with Crippen LogP contribution in [0.5, 0.6) is 5.75 Å². The van der Waals surface area contributed by atoms with Gasteiger partial charge in [-0.2, -0.15) is 0 Å². The number of pyridine rings is 1. The normalized spacial score (nSPS) is 12.2. The molecule has 1 aromatic heterocycles. The number of aromatic nitrogens is 1. The van der Waals surface area contributed by atoms with Crippen LogP contribution in [0.3, 0.4) is 0 Å². The number of nitrogens with one attached hydrogen (secondary N) is 1. The molecule has 0 spiro atoms. The largest absolute Gasteiger partial charge is 0.497 e. The van der Waals surface area contributed by atoms with E-state index in [1.807, 2.05) is 18.2 Å². The fraction of sp³-hybridized carbons (Fsp3) is 0.312. The van der Waals surface area contributed by atoms with E-state index >= 15 is 0 Å². The Labute approximate surface area is 130 Å². The van der Waals surface area contributed by atoms with Crippen LogP contribution in [0.15, 0.2) is 42.7 Å². The summed E-state index contributed by atoms with van der Waals surface area (Å²) >= 11 is 6.12. The number of hydrogen-bond donors (Lipinski definition) is 1. The molecule has 0 aliphatic heterocycles. The summed E-state index contributed by atoms with van der Waals surface area (Å²) in [5.74, 6) is 0.862. The van der Waals surface area contributed by atoms with Crippen LogP contribution in [0, 0.1) is 0 Å². The lowest BCUT2D eigenvalue weighted by atomic mass is 10.1. The zero-order chi connectivity index (χ0) is 15.2. The molecule has 2 aromatic rings. The van der Waals surface area contributed by atoms with Gasteiger partial charge in [0.15, 0.2) is 0 Å². The fourth-order valence-electron chi connectivity index (χ4n) is 2.17. The summed E-state index contributed by atoms with van der Waals surface area (Å²) in [6.07, 6.45) is 3.37. The first kappa shape index (κ1) is 15.6. The van der Waals surface area contributed by atoms with Gasteiger partial charge in [0.05, 0.1) is 23.9 Å². The Morgan fingerprint density at radius 1 is 1.33 bits per heavy atom. The second-order valence-corrected chi connectivity index (χ2v) is 5.40. The van der Waals surface area contributed by atoms with Crippen molar-refractivity contribution in [3.05, 3.63) is 53.3 Å². The molecule has 5 heteroatoms. The minimum Gasteiger partial charge on any atom is -0.497 e. The predicted octanol–water partition coefficient (Wildman–Crippen LogP) is 3.46. The number of halogens is 1. The number of ether oxygens (including phenoxy) is 1. The predicted molar refractivity (Wildman–Crippen MR) is 87.2 cm³/mol. The average Bonchev–Trinajstić information content (AvgIpc) is 2.49. The number of anilines is 1. The van der Waals surface area contributed by atoms with E-state index in [2.05, 4.69) is 41.4 Å². The summed E-state index contributed by atoms with van der Waals surface area (Å²) in [5, 5.41) is 4.00. The van der Waals surface area contributed by atoms with E-state index in [4.69, 9.17) is 16.3 Å². The van der Waals surface area contributed by atoms with E-state index in [1.165, 1.54) is 5.56 Å². The molecule has 0 saturated heterocycles. The number of likely N-dealkylation sites (N-methyl/N-ethyl adjacent to an activating group) is 1. The maximum Gasteiger partial charge on any atom is 0.119 e. The van der Waals surface area contributed by atoms with Gasteiger partial charge in [0.1, 0.15) is 5.75 Å². The summed E-state index contributed by atoms with van der Waals surface area (Å²) in [4.78, 5) is 6.15. The summed E-state index contributed by atoms with van der Waals surface area (Å²) < 4.78 is 5.30. The molecule has 0 bridgehead atoms. The summed E-state index contributed by atoms with van der Waals surface area (Å²) in [6.45, 7) is 0.740. The Morgan fingerprint density at radius 3 is 2.81 bits per heavy atom. The van der Waals surface area contributed by atoms with Crippen molar-refractivity contribution in [3.63, 3.8) is 0 Å². The molecule has 1 atom stereocenters. The smallest absolute Gasteiger partial charge is 0.119 e. The topological polar surface area (TPSA) is 37.4 Å². The minimum absolute atomic E-state index is 0.212. The summed E-state index contributed by atoms with van der Waals surface area (Å²) in [6, 6.07) is 10.2. The van der Waals surface area contributed by atoms with Crippen LogP contribution in [-0.2, 0) is 0 Å². The Kier molecular flexibility index (Phi) is 5.42. The van der Waals surface area contributed by atoms with Gasteiger partial charge in [0, 0.05) is 18.9 Å². The Morgan fingerprint density at radius 2 is 2.14 bits per heavy atom. The zero-order valence-corrected chi connectivity index (χ0v) is 13.3. The first-order valence-electron chi connectivity index (χ1n) is 6.75. The van der Waals surface area contributed by atoms with Crippen LogP contribution >= 0.6 is 11.6 Å². The maximum atomic E-state index is 6.12. The molecular formula is C16H20ClN3O. The molecular weight excluding hydrogens is 286 g/mol. The molecule has 112 valence electrons. The molecule has 1 aromatic carbocycles. The van der Waals surface area contributed by atoms with Crippen LogP contribution in [0.1, 0.15) is 11.6 Å². The highest BCUT2D eigenvalue weighted by molar-refractivity contribution is 6.33. The Hall–Kier alpha value is -1.78. The first-order valence-corrected chi connectivity index (χ1v) is 7.13. The number of methoxy groups -OCH3 is 1. The highest BCUT2D eigenvalue weighted by atomic mass is 35.5. The first-order chi connectivity index (χ1) is 10.1. The molecule has 0 fully saturated rings. The molecule has 0 saturated carbocycles. The van der Waals surface area contributed by atoms with Crippen molar-refractivity contribution in [2.75, 3.05) is 33.1 Å². The molecule has 2 rings (SSSR count). The maximum absolute atomic E-state index is 6.12. The second-order valence-electron chi connectivity index (χ2n) is 4.99. The minimum atomic E-state index is 0.212. The highest BCUT2D eigenvalue weighted by Crippen LogP contribution is 2.25.